The van der Waals surface area contributed by atoms with Gasteiger partial charge in [0, 0.05) is 29.4 Å². The molecule has 28 heavy (non-hydrogen) atoms. The average Bonchev–Trinajstić information content (AvgIpc) is 3.38. The SMILES string of the molecule is CC1(C)CC(NC(=O)C(=O)Nc2ccc(Cl)c(F)c2)CC(C)(C)N1CC1CO1. The van der Waals surface area contributed by atoms with Gasteiger partial charge in [-0.3, -0.25) is 14.5 Å². The number of anilines is 1. The maximum absolute atomic E-state index is 13.5. The van der Waals surface area contributed by atoms with Crippen LogP contribution in [0.3, 0.4) is 0 Å². The standard InChI is InChI=1S/C20H27ClFN3O3/c1-19(2)8-13(9-20(3,4)25(19)10-14-11-28-14)24-18(27)17(26)23-12-5-6-15(21)16(22)7-12/h5-7,13-14H,8-11H2,1-4H3,(H,23,26)(H,24,27). The van der Waals surface area contributed by atoms with E-state index in [9.17, 15) is 14.0 Å². The highest BCUT2D eigenvalue weighted by molar-refractivity contribution is 6.39. The molecule has 2 amide bonds. The first-order valence-electron chi connectivity index (χ1n) is 9.44. The maximum Gasteiger partial charge on any atom is 0.313 e. The third-order valence-corrected chi connectivity index (χ3v) is 5.77. The molecule has 8 heteroatoms. The van der Waals surface area contributed by atoms with Crippen molar-refractivity contribution in [3.05, 3.63) is 29.0 Å². The highest BCUT2D eigenvalue weighted by Crippen LogP contribution is 2.39. The second kappa shape index (κ2) is 7.61. The van der Waals surface area contributed by atoms with Crippen LogP contribution < -0.4 is 10.6 Å². The van der Waals surface area contributed by atoms with Crippen LogP contribution in [0.5, 0.6) is 0 Å². The molecule has 154 valence electrons. The molecule has 6 nitrogen and oxygen atoms in total. The van der Waals surface area contributed by atoms with Crippen LogP contribution in [0.2, 0.25) is 5.02 Å². The summed E-state index contributed by atoms with van der Waals surface area (Å²) in [5.41, 5.74) is -0.120. The minimum absolute atomic E-state index is 0.0460. The molecular weight excluding hydrogens is 385 g/mol. The van der Waals surface area contributed by atoms with Gasteiger partial charge in [0.25, 0.3) is 0 Å². The van der Waals surface area contributed by atoms with Crippen LogP contribution in [0.15, 0.2) is 18.2 Å². The summed E-state index contributed by atoms with van der Waals surface area (Å²) in [7, 11) is 0. The zero-order valence-corrected chi connectivity index (χ0v) is 17.4. The van der Waals surface area contributed by atoms with Crippen molar-refractivity contribution in [3.63, 3.8) is 0 Å². The van der Waals surface area contributed by atoms with Gasteiger partial charge in [0.2, 0.25) is 0 Å². The molecule has 2 aliphatic rings. The van der Waals surface area contributed by atoms with E-state index >= 15 is 0 Å². The molecule has 0 radical (unpaired) electrons. The van der Waals surface area contributed by atoms with Crippen LogP contribution in [0.4, 0.5) is 10.1 Å². The van der Waals surface area contributed by atoms with Gasteiger partial charge >= 0.3 is 11.8 Å². The Morgan fingerprint density at radius 3 is 2.36 bits per heavy atom. The Hall–Kier alpha value is -1.70. The molecule has 2 fully saturated rings. The maximum atomic E-state index is 13.5. The highest BCUT2D eigenvalue weighted by Gasteiger charge is 2.47. The first-order valence-corrected chi connectivity index (χ1v) is 9.82. The zero-order chi connectivity index (χ0) is 20.7. The van der Waals surface area contributed by atoms with Crippen molar-refractivity contribution in [1.82, 2.24) is 10.2 Å². The predicted molar refractivity (Wildman–Crippen MR) is 106 cm³/mol. The molecule has 0 saturated carbocycles. The normalized spacial score (nSPS) is 23.9. The van der Waals surface area contributed by atoms with E-state index in [1.165, 1.54) is 12.1 Å². The predicted octanol–water partition coefficient (Wildman–Crippen LogP) is 2.95. The monoisotopic (exact) mass is 411 g/mol. The molecule has 2 saturated heterocycles. The van der Waals surface area contributed by atoms with Crippen LogP contribution >= 0.6 is 11.6 Å². The summed E-state index contributed by atoms with van der Waals surface area (Å²) in [4.78, 5) is 27.0. The summed E-state index contributed by atoms with van der Waals surface area (Å²) in [5, 5.41) is 5.20. The quantitative estimate of drug-likeness (QED) is 0.590. The Labute approximate surface area is 169 Å². The Morgan fingerprint density at radius 1 is 1.21 bits per heavy atom. The van der Waals surface area contributed by atoms with Gasteiger partial charge in [-0.25, -0.2) is 4.39 Å². The number of epoxide rings is 1. The van der Waals surface area contributed by atoms with Crippen molar-refractivity contribution in [2.75, 3.05) is 18.5 Å². The molecule has 0 aromatic heterocycles. The first kappa shape index (κ1) is 21.0. The third-order valence-electron chi connectivity index (χ3n) is 5.46. The lowest BCUT2D eigenvalue weighted by molar-refractivity contribution is -0.137. The minimum Gasteiger partial charge on any atom is -0.372 e. The number of hydrogen-bond acceptors (Lipinski definition) is 4. The number of nitrogens with one attached hydrogen (secondary N) is 2. The van der Waals surface area contributed by atoms with Crippen molar-refractivity contribution in [2.45, 2.75) is 63.8 Å². The number of carbonyl (C=O) groups excluding carboxylic acids is 2. The highest BCUT2D eigenvalue weighted by atomic mass is 35.5. The van der Waals surface area contributed by atoms with Crippen molar-refractivity contribution in [3.8, 4) is 0 Å². The number of halogens is 2. The van der Waals surface area contributed by atoms with Crippen molar-refractivity contribution < 1.29 is 18.7 Å². The Balaban J connectivity index is 1.61. The number of ether oxygens (including phenoxy) is 1. The molecular formula is C20H27ClFN3O3. The van der Waals surface area contributed by atoms with E-state index < -0.39 is 17.6 Å². The fourth-order valence-corrected chi connectivity index (χ4v) is 4.42. The summed E-state index contributed by atoms with van der Waals surface area (Å²) in [6.07, 6.45) is 1.73. The Bertz CT molecular complexity index is 762. The number of hydrogen-bond donors (Lipinski definition) is 2. The molecule has 3 rings (SSSR count). The fourth-order valence-electron chi connectivity index (χ4n) is 4.30. The second-order valence-electron chi connectivity index (χ2n) is 8.85. The second-order valence-corrected chi connectivity index (χ2v) is 9.26. The fraction of sp³-hybridized carbons (Fsp3) is 0.600. The summed E-state index contributed by atoms with van der Waals surface area (Å²) >= 11 is 5.63. The van der Waals surface area contributed by atoms with E-state index in [1.54, 1.807) is 0 Å². The number of benzene rings is 1. The van der Waals surface area contributed by atoms with E-state index in [-0.39, 0.29) is 33.9 Å². The number of likely N-dealkylation sites (tertiary alicyclic amines) is 1. The summed E-state index contributed by atoms with van der Waals surface area (Å²) < 4.78 is 18.9. The molecule has 2 heterocycles. The van der Waals surface area contributed by atoms with Gasteiger partial charge in [-0.05, 0) is 58.7 Å². The van der Waals surface area contributed by atoms with Gasteiger partial charge in [-0.15, -0.1) is 0 Å². The molecule has 1 aromatic carbocycles. The molecule has 0 spiro atoms. The van der Waals surface area contributed by atoms with E-state index in [0.29, 0.717) is 0 Å². The van der Waals surface area contributed by atoms with Crippen LogP contribution in [0.25, 0.3) is 0 Å². The molecule has 2 N–H and O–H groups in total. The van der Waals surface area contributed by atoms with Gasteiger partial charge < -0.3 is 15.4 Å². The largest absolute Gasteiger partial charge is 0.372 e. The Morgan fingerprint density at radius 2 is 1.82 bits per heavy atom. The molecule has 2 aliphatic heterocycles. The van der Waals surface area contributed by atoms with Gasteiger partial charge in [0.05, 0.1) is 17.7 Å². The van der Waals surface area contributed by atoms with E-state index in [2.05, 4.69) is 43.2 Å². The number of amides is 2. The van der Waals surface area contributed by atoms with Crippen LogP contribution in [0.1, 0.15) is 40.5 Å². The molecule has 1 unspecified atom stereocenters. The zero-order valence-electron chi connectivity index (χ0n) is 16.6. The number of nitrogens with zero attached hydrogens (tertiary/aromatic N) is 1. The van der Waals surface area contributed by atoms with E-state index in [4.69, 9.17) is 16.3 Å². The third kappa shape index (κ3) is 4.82. The first-order chi connectivity index (χ1) is 13.0. The van der Waals surface area contributed by atoms with Crippen molar-refractivity contribution in [1.29, 1.82) is 0 Å². The number of carbonyl (C=O) groups is 2. The van der Waals surface area contributed by atoms with Crippen LogP contribution in [0, 0.1) is 5.82 Å². The minimum atomic E-state index is -0.828. The number of rotatable bonds is 4. The topological polar surface area (TPSA) is 74.0 Å². The molecule has 0 aliphatic carbocycles. The van der Waals surface area contributed by atoms with E-state index in [0.717, 1.165) is 32.1 Å². The average molecular weight is 412 g/mol. The van der Waals surface area contributed by atoms with Gasteiger partial charge in [-0.1, -0.05) is 11.6 Å². The molecule has 1 aromatic rings. The van der Waals surface area contributed by atoms with Crippen molar-refractivity contribution in [2.24, 2.45) is 0 Å². The van der Waals surface area contributed by atoms with Crippen LogP contribution in [-0.4, -0.2) is 53.1 Å². The van der Waals surface area contributed by atoms with Gasteiger partial charge in [-0.2, -0.15) is 0 Å². The van der Waals surface area contributed by atoms with Gasteiger partial charge in [0.1, 0.15) is 5.82 Å². The lowest BCUT2D eigenvalue weighted by atomic mass is 9.76. The lowest BCUT2D eigenvalue weighted by Gasteiger charge is -2.55. The molecule has 1 atom stereocenters. The van der Waals surface area contributed by atoms with Gasteiger partial charge in [0.15, 0.2) is 0 Å². The summed E-state index contributed by atoms with van der Waals surface area (Å²) in [6, 6.07) is 3.72. The van der Waals surface area contributed by atoms with E-state index in [1.807, 2.05) is 0 Å². The van der Waals surface area contributed by atoms with Crippen molar-refractivity contribution >= 4 is 29.1 Å². The smallest absolute Gasteiger partial charge is 0.313 e. The summed E-state index contributed by atoms with van der Waals surface area (Å²) in [6.45, 7) is 10.2. The number of piperidine rings is 1. The molecule has 0 bridgehead atoms. The summed E-state index contributed by atoms with van der Waals surface area (Å²) in [5.74, 6) is -2.22. The lowest BCUT2D eigenvalue weighted by Crippen LogP contribution is -2.65. The Kier molecular flexibility index (Phi) is 5.71. The van der Waals surface area contributed by atoms with Crippen LogP contribution in [-0.2, 0) is 14.3 Å².